The van der Waals surface area contributed by atoms with Gasteiger partial charge in [0.15, 0.2) is 0 Å². The molecule has 1 N–H and O–H groups in total. The largest absolute Gasteiger partial charge is 0.345 e. The molecular formula is C27H32N2O3S. The lowest BCUT2D eigenvalue weighted by Gasteiger charge is -2.23. The highest BCUT2D eigenvalue weighted by atomic mass is 32.2. The zero-order valence-electron chi connectivity index (χ0n) is 20.1. The van der Waals surface area contributed by atoms with Crippen LogP contribution in [-0.4, -0.2) is 21.4 Å². The molecule has 0 aliphatic carbocycles. The number of para-hydroxylation sites is 1. The normalized spacial score (nSPS) is 12.8. The third kappa shape index (κ3) is 5.45. The summed E-state index contributed by atoms with van der Waals surface area (Å²) in [6.07, 6.45) is 0. The van der Waals surface area contributed by atoms with Crippen LogP contribution in [0.2, 0.25) is 0 Å². The predicted octanol–water partition coefficient (Wildman–Crippen LogP) is 5.61. The smallest absolute Gasteiger partial charge is 0.264 e. The summed E-state index contributed by atoms with van der Waals surface area (Å²) in [5.74, 6) is -0.330. The van der Waals surface area contributed by atoms with Gasteiger partial charge in [-0.1, -0.05) is 74.9 Å². The Hall–Kier alpha value is -3.12. The van der Waals surface area contributed by atoms with Crippen molar-refractivity contribution in [2.45, 2.75) is 51.0 Å². The fourth-order valence-electron chi connectivity index (χ4n) is 3.57. The number of nitrogens with one attached hydrogen (secondary N) is 1. The first-order valence-corrected chi connectivity index (χ1v) is 12.4. The van der Waals surface area contributed by atoms with Gasteiger partial charge in [0.2, 0.25) is 0 Å². The first-order valence-electron chi connectivity index (χ1n) is 11.0. The van der Waals surface area contributed by atoms with Gasteiger partial charge in [0.05, 0.1) is 22.2 Å². The Bertz CT molecular complexity index is 1230. The second kappa shape index (κ2) is 9.40. The molecule has 6 heteroatoms. The zero-order valence-corrected chi connectivity index (χ0v) is 20.9. The summed E-state index contributed by atoms with van der Waals surface area (Å²) in [6, 6.07) is 21.4. The van der Waals surface area contributed by atoms with Crippen molar-refractivity contribution in [3.05, 3.63) is 95.1 Å². The van der Waals surface area contributed by atoms with Crippen molar-refractivity contribution in [3.8, 4) is 0 Å². The number of carbonyl (C=O) groups is 1. The van der Waals surface area contributed by atoms with E-state index in [1.165, 1.54) is 12.6 Å². The Morgan fingerprint density at radius 1 is 0.909 bits per heavy atom. The highest BCUT2D eigenvalue weighted by Gasteiger charge is 2.25. The first-order chi connectivity index (χ1) is 15.4. The summed E-state index contributed by atoms with van der Waals surface area (Å²) in [5.41, 5.74) is 3.85. The number of hydrogen-bond donors (Lipinski definition) is 1. The van der Waals surface area contributed by atoms with Crippen LogP contribution in [0.3, 0.4) is 0 Å². The number of nitrogens with zero attached hydrogens (tertiary/aromatic N) is 1. The molecule has 3 rings (SSSR count). The van der Waals surface area contributed by atoms with Gasteiger partial charge in [-0.15, -0.1) is 0 Å². The van der Waals surface area contributed by atoms with Crippen molar-refractivity contribution in [1.82, 2.24) is 5.32 Å². The number of amides is 1. The molecular weight excluding hydrogens is 432 g/mol. The number of rotatable bonds is 6. The van der Waals surface area contributed by atoms with Crippen molar-refractivity contribution in [2.24, 2.45) is 0 Å². The summed E-state index contributed by atoms with van der Waals surface area (Å²) in [7, 11) is -2.34. The second-order valence-corrected chi connectivity index (χ2v) is 11.3. The average Bonchev–Trinajstić information content (AvgIpc) is 2.78. The van der Waals surface area contributed by atoms with E-state index in [9.17, 15) is 13.2 Å². The van der Waals surface area contributed by atoms with Crippen LogP contribution in [0.4, 0.5) is 5.69 Å². The number of carbonyl (C=O) groups excluding carboxylic acids is 1. The van der Waals surface area contributed by atoms with Gasteiger partial charge in [-0.05, 0) is 54.7 Å². The molecule has 0 bridgehead atoms. The van der Waals surface area contributed by atoms with Gasteiger partial charge in [-0.2, -0.15) is 0 Å². The molecule has 0 radical (unpaired) electrons. The summed E-state index contributed by atoms with van der Waals surface area (Å²) in [4.78, 5) is 13.3. The SMILES string of the molecule is Cc1ccc(S(=O)(=O)N(C)c2ccccc2C(=O)N[C@H](C)c2ccc(C(C)(C)C)cc2)cc1. The molecule has 0 aliphatic heterocycles. The van der Waals surface area contributed by atoms with E-state index in [4.69, 9.17) is 0 Å². The lowest BCUT2D eigenvalue weighted by atomic mass is 9.86. The zero-order chi connectivity index (χ0) is 24.4. The summed E-state index contributed by atoms with van der Waals surface area (Å²) in [5, 5.41) is 3.00. The van der Waals surface area contributed by atoms with Crippen molar-refractivity contribution >= 4 is 21.6 Å². The van der Waals surface area contributed by atoms with Crippen molar-refractivity contribution in [3.63, 3.8) is 0 Å². The minimum absolute atomic E-state index is 0.0531. The molecule has 0 aromatic heterocycles. The maximum absolute atomic E-state index is 13.2. The van der Waals surface area contributed by atoms with Crippen LogP contribution in [-0.2, 0) is 15.4 Å². The van der Waals surface area contributed by atoms with E-state index >= 15 is 0 Å². The number of benzene rings is 3. The van der Waals surface area contributed by atoms with Gasteiger partial charge in [0.25, 0.3) is 15.9 Å². The topological polar surface area (TPSA) is 66.5 Å². The maximum atomic E-state index is 13.2. The second-order valence-electron chi connectivity index (χ2n) is 9.37. The third-order valence-corrected chi connectivity index (χ3v) is 7.58. The van der Waals surface area contributed by atoms with Crippen LogP contribution in [0.1, 0.15) is 60.8 Å². The molecule has 0 saturated heterocycles. The summed E-state index contributed by atoms with van der Waals surface area (Å²) >= 11 is 0. The Kier molecular flexibility index (Phi) is 6.98. The van der Waals surface area contributed by atoms with E-state index < -0.39 is 10.0 Å². The maximum Gasteiger partial charge on any atom is 0.264 e. The Labute approximate surface area is 197 Å². The Balaban J connectivity index is 1.84. The van der Waals surface area contributed by atoms with Crippen LogP contribution in [0, 0.1) is 6.92 Å². The molecule has 0 unspecified atom stereocenters. The van der Waals surface area contributed by atoms with Crippen LogP contribution >= 0.6 is 0 Å². The van der Waals surface area contributed by atoms with E-state index in [2.05, 4.69) is 38.2 Å². The van der Waals surface area contributed by atoms with E-state index in [0.29, 0.717) is 11.3 Å². The molecule has 0 aliphatic rings. The van der Waals surface area contributed by atoms with E-state index in [-0.39, 0.29) is 22.3 Å². The number of sulfonamides is 1. The van der Waals surface area contributed by atoms with Gasteiger partial charge >= 0.3 is 0 Å². The van der Waals surface area contributed by atoms with Crippen molar-refractivity contribution in [1.29, 1.82) is 0 Å². The standard InChI is InChI=1S/C27H32N2O3S/c1-19-11-17-23(18-12-19)33(31,32)29(6)25-10-8-7-9-24(25)26(30)28-20(2)21-13-15-22(16-14-21)27(3,4)5/h7-18,20H,1-6H3,(H,28,30)/t20-/m1/s1. The number of anilines is 1. The molecule has 3 aromatic rings. The van der Waals surface area contributed by atoms with Gasteiger partial charge in [-0.3, -0.25) is 9.10 Å². The van der Waals surface area contributed by atoms with Gasteiger partial charge in [0.1, 0.15) is 0 Å². The summed E-state index contributed by atoms with van der Waals surface area (Å²) < 4.78 is 27.5. The molecule has 1 atom stereocenters. The van der Waals surface area contributed by atoms with Gasteiger partial charge < -0.3 is 5.32 Å². The monoisotopic (exact) mass is 464 g/mol. The molecule has 1 amide bonds. The van der Waals surface area contributed by atoms with Gasteiger partial charge in [0, 0.05) is 7.05 Å². The predicted molar refractivity (Wildman–Crippen MR) is 134 cm³/mol. The fraction of sp³-hybridized carbons (Fsp3) is 0.296. The molecule has 0 spiro atoms. The first kappa shape index (κ1) is 24.5. The van der Waals surface area contributed by atoms with Crippen molar-refractivity contribution in [2.75, 3.05) is 11.4 Å². The number of aryl methyl sites for hydroxylation is 1. The quantitative estimate of drug-likeness (QED) is 0.516. The molecule has 0 saturated carbocycles. The molecule has 33 heavy (non-hydrogen) atoms. The van der Waals surface area contributed by atoms with E-state index in [1.807, 2.05) is 26.0 Å². The summed E-state index contributed by atoms with van der Waals surface area (Å²) in [6.45, 7) is 10.3. The fourth-order valence-corrected chi connectivity index (χ4v) is 4.78. The number of hydrogen-bond acceptors (Lipinski definition) is 3. The van der Waals surface area contributed by atoms with Crippen LogP contribution in [0.5, 0.6) is 0 Å². The molecule has 0 heterocycles. The molecule has 5 nitrogen and oxygen atoms in total. The molecule has 0 fully saturated rings. The van der Waals surface area contributed by atoms with Crippen LogP contribution < -0.4 is 9.62 Å². The molecule has 174 valence electrons. The lowest BCUT2D eigenvalue weighted by Crippen LogP contribution is -2.32. The van der Waals surface area contributed by atoms with Crippen LogP contribution in [0.15, 0.2) is 77.7 Å². The Morgan fingerprint density at radius 2 is 1.48 bits per heavy atom. The van der Waals surface area contributed by atoms with Gasteiger partial charge in [-0.25, -0.2) is 8.42 Å². The van der Waals surface area contributed by atoms with Crippen LogP contribution in [0.25, 0.3) is 0 Å². The lowest BCUT2D eigenvalue weighted by molar-refractivity contribution is 0.0940. The molecule has 3 aromatic carbocycles. The third-order valence-electron chi connectivity index (χ3n) is 5.79. The minimum Gasteiger partial charge on any atom is -0.345 e. The highest BCUT2D eigenvalue weighted by molar-refractivity contribution is 7.92. The van der Waals surface area contributed by atoms with Crippen molar-refractivity contribution < 1.29 is 13.2 Å². The minimum atomic E-state index is -3.81. The van der Waals surface area contributed by atoms with E-state index in [0.717, 1.165) is 15.4 Å². The highest BCUT2D eigenvalue weighted by Crippen LogP contribution is 2.27. The Morgan fingerprint density at radius 3 is 2.06 bits per heavy atom. The average molecular weight is 465 g/mol. The van der Waals surface area contributed by atoms with E-state index in [1.54, 1.807) is 48.5 Å².